The van der Waals surface area contributed by atoms with E-state index >= 15 is 0 Å². The first-order chi connectivity index (χ1) is 12.6. The van der Waals surface area contributed by atoms with Gasteiger partial charge in [0, 0.05) is 48.3 Å². The molecule has 1 aliphatic heterocycles. The summed E-state index contributed by atoms with van der Waals surface area (Å²) >= 11 is 7.84. The molecule has 4 rings (SSSR count). The van der Waals surface area contributed by atoms with Gasteiger partial charge in [-0.05, 0) is 44.2 Å². The van der Waals surface area contributed by atoms with Crippen LogP contribution in [0.5, 0.6) is 0 Å². The van der Waals surface area contributed by atoms with Crippen LogP contribution in [0.2, 0.25) is 5.02 Å². The number of halogens is 1. The van der Waals surface area contributed by atoms with Crippen LogP contribution in [0.4, 0.5) is 5.69 Å². The van der Waals surface area contributed by atoms with Crippen molar-refractivity contribution in [2.45, 2.75) is 20.4 Å². The molecular weight excluding hydrogens is 366 g/mol. The highest BCUT2D eigenvalue weighted by atomic mass is 35.5. The number of hydrogen-bond acceptors (Lipinski definition) is 5. The van der Waals surface area contributed by atoms with Gasteiger partial charge in [0.05, 0.1) is 10.6 Å². The van der Waals surface area contributed by atoms with Crippen molar-refractivity contribution in [3.63, 3.8) is 0 Å². The summed E-state index contributed by atoms with van der Waals surface area (Å²) in [6, 6.07) is 12.3. The lowest BCUT2D eigenvalue weighted by atomic mass is 10.2. The summed E-state index contributed by atoms with van der Waals surface area (Å²) in [5, 5.41) is 0.791. The molecular formula is C20H22ClN3OS. The van der Waals surface area contributed by atoms with Gasteiger partial charge in [-0.2, -0.15) is 0 Å². The molecule has 0 unspecified atom stereocenters. The van der Waals surface area contributed by atoms with Gasteiger partial charge in [-0.25, -0.2) is 4.98 Å². The molecule has 1 aromatic carbocycles. The third kappa shape index (κ3) is 3.80. The molecule has 2 aromatic heterocycles. The number of nitrogens with zero attached hydrogens (tertiary/aromatic N) is 3. The first kappa shape index (κ1) is 17.6. The van der Waals surface area contributed by atoms with E-state index in [1.165, 1.54) is 10.6 Å². The van der Waals surface area contributed by atoms with Crippen LogP contribution >= 0.6 is 22.9 Å². The number of rotatable bonds is 4. The average molecular weight is 388 g/mol. The SMILES string of the molecule is Cc1ccc(-c2nc(CN3CCN(c4cccc(Cl)c4)CC3)c(C)o2)s1. The Kier molecular flexibility index (Phi) is 5.02. The van der Waals surface area contributed by atoms with Gasteiger partial charge in [0.2, 0.25) is 5.89 Å². The van der Waals surface area contributed by atoms with E-state index in [1.807, 2.05) is 25.1 Å². The van der Waals surface area contributed by atoms with E-state index in [4.69, 9.17) is 21.0 Å². The van der Waals surface area contributed by atoms with E-state index in [9.17, 15) is 0 Å². The summed E-state index contributed by atoms with van der Waals surface area (Å²) < 4.78 is 5.91. The minimum absolute atomic E-state index is 0.744. The number of benzene rings is 1. The first-order valence-corrected chi connectivity index (χ1v) is 10.0. The van der Waals surface area contributed by atoms with Gasteiger partial charge in [0.1, 0.15) is 5.76 Å². The maximum Gasteiger partial charge on any atom is 0.236 e. The molecule has 3 heterocycles. The maximum absolute atomic E-state index is 6.12. The summed E-state index contributed by atoms with van der Waals surface area (Å²) in [6.45, 7) is 8.95. The predicted molar refractivity (Wildman–Crippen MR) is 108 cm³/mol. The highest BCUT2D eigenvalue weighted by molar-refractivity contribution is 7.15. The largest absolute Gasteiger partial charge is 0.440 e. The molecule has 1 aliphatic rings. The summed E-state index contributed by atoms with van der Waals surface area (Å²) in [5.41, 5.74) is 2.24. The Hall–Kier alpha value is -1.82. The number of piperazine rings is 1. The van der Waals surface area contributed by atoms with Crippen LogP contribution < -0.4 is 4.90 Å². The van der Waals surface area contributed by atoms with Crippen molar-refractivity contribution in [2.24, 2.45) is 0 Å². The monoisotopic (exact) mass is 387 g/mol. The zero-order valence-electron chi connectivity index (χ0n) is 15.0. The highest BCUT2D eigenvalue weighted by Gasteiger charge is 2.20. The normalized spacial score (nSPS) is 15.6. The van der Waals surface area contributed by atoms with E-state index in [-0.39, 0.29) is 0 Å². The Morgan fingerprint density at radius 2 is 1.92 bits per heavy atom. The van der Waals surface area contributed by atoms with Gasteiger partial charge < -0.3 is 9.32 Å². The van der Waals surface area contributed by atoms with Crippen LogP contribution in [0.25, 0.3) is 10.8 Å². The topological polar surface area (TPSA) is 32.5 Å². The summed E-state index contributed by atoms with van der Waals surface area (Å²) in [5.74, 6) is 1.66. The molecule has 0 saturated carbocycles. The molecule has 26 heavy (non-hydrogen) atoms. The molecule has 4 nitrogen and oxygen atoms in total. The lowest BCUT2D eigenvalue weighted by Gasteiger charge is -2.35. The zero-order valence-corrected chi connectivity index (χ0v) is 16.6. The molecule has 0 spiro atoms. The number of aryl methyl sites for hydroxylation is 2. The van der Waals surface area contributed by atoms with Gasteiger partial charge in [-0.15, -0.1) is 11.3 Å². The van der Waals surface area contributed by atoms with Crippen molar-refractivity contribution in [3.05, 3.63) is 57.8 Å². The number of hydrogen-bond donors (Lipinski definition) is 0. The van der Waals surface area contributed by atoms with Crippen LogP contribution in [0.3, 0.4) is 0 Å². The van der Waals surface area contributed by atoms with E-state index < -0.39 is 0 Å². The summed E-state index contributed by atoms with van der Waals surface area (Å²) in [6.07, 6.45) is 0. The number of oxazole rings is 1. The van der Waals surface area contributed by atoms with Crippen LogP contribution in [-0.2, 0) is 6.54 Å². The average Bonchev–Trinajstić information content (AvgIpc) is 3.22. The molecule has 0 radical (unpaired) electrons. The number of aromatic nitrogens is 1. The second kappa shape index (κ2) is 7.43. The molecule has 1 saturated heterocycles. The van der Waals surface area contributed by atoms with Gasteiger partial charge in [0.15, 0.2) is 0 Å². The fraction of sp³-hybridized carbons (Fsp3) is 0.350. The molecule has 0 bridgehead atoms. The second-order valence-corrected chi connectivity index (χ2v) is 8.40. The Morgan fingerprint density at radius 3 is 2.62 bits per heavy atom. The minimum atomic E-state index is 0.744. The summed E-state index contributed by atoms with van der Waals surface area (Å²) in [4.78, 5) is 11.9. The van der Waals surface area contributed by atoms with E-state index in [1.54, 1.807) is 11.3 Å². The van der Waals surface area contributed by atoms with Gasteiger partial charge >= 0.3 is 0 Å². The van der Waals surface area contributed by atoms with E-state index in [0.29, 0.717) is 0 Å². The lowest BCUT2D eigenvalue weighted by Crippen LogP contribution is -2.46. The Labute approximate surface area is 163 Å². The van der Waals surface area contributed by atoms with Crippen molar-refractivity contribution >= 4 is 28.6 Å². The van der Waals surface area contributed by atoms with Crippen LogP contribution in [-0.4, -0.2) is 36.1 Å². The lowest BCUT2D eigenvalue weighted by molar-refractivity contribution is 0.246. The Morgan fingerprint density at radius 1 is 1.12 bits per heavy atom. The maximum atomic E-state index is 6.12. The van der Waals surface area contributed by atoms with E-state index in [0.717, 1.165) is 60.0 Å². The molecule has 0 atom stereocenters. The van der Waals surface area contributed by atoms with E-state index in [2.05, 4.69) is 34.9 Å². The smallest absolute Gasteiger partial charge is 0.236 e. The number of anilines is 1. The predicted octanol–water partition coefficient (Wildman–Crippen LogP) is 5.00. The van der Waals surface area contributed by atoms with Crippen molar-refractivity contribution in [1.82, 2.24) is 9.88 Å². The van der Waals surface area contributed by atoms with Crippen LogP contribution in [0.15, 0.2) is 40.8 Å². The van der Waals surface area contributed by atoms with Gasteiger partial charge in [-0.1, -0.05) is 17.7 Å². The molecule has 136 valence electrons. The highest BCUT2D eigenvalue weighted by Crippen LogP contribution is 2.29. The third-order valence-electron chi connectivity index (χ3n) is 4.76. The zero-order chi connectivity index (χ0) is 18.1. The molecule has 0 aliphatic carbocycles. The second-order valence-electron chi connectivity index (χ2n) is 6.68. The quantitative estimate of drug-likeness (QED) is 0.630. The molecule has 0 N–H and O–H groups in total. The van der Waals surface area contributed by atoms with Crippen molar-refractivity contribution in [1.29, 1.82) is 0 Å². The van der Waals surface area contributed by atoms with Crippen LogP contribution in [0, 0.1) is 13.8 Å². The fourth-order valence-corrected chi connectivity index (χ4v) is 4.26. The standard InChI is InChI=1S/C20H22ClN3OS/c1-14-6-7-19(26-14)20-22-18(15(2)25-20)13-23-8-10-24(11-9-23)17-5-3-4-16(21)12-17/h3-7,12H,8-11,13H2,1-2H3. The van der Waals surface area contributed by atoms with Crippen LogP contribution in [0.1, 0.15) is 16.3 Å². The summed E-state index contributed by atoms with van der Waals surface area (Å²) in [7, 11) is 0. The molecule has 1 fully saturated rings. The molecule has 3 aromatic rings. The van der Waals surface area contributed by atoms with Gasteiger partial charge in [0.25, 0.3) is 0 Å². The van der Waals surface area contributed by atoms with Crippen molar-refractivity contribution in [2.75, 3.05) is 31.1 Å². The fourth-order valence-electron chi connectivity index (χ4n) is 3.28. The Bertz CT molecular complexity index is 896. The number of thiophene rings is 1. The third-order valence-corrected chi connectivity index (χ3v) is 5.99. The molecule has 0 amide bonds. The Balaban J connectivity index is 1.39. The molecule has 6 heteroatoms. The van der Waals surface area contributed by atoms with Crippen molar-refractivity contribution in [3.8, 4) is 10.8 Å². The first-order valence-electron chi connectivity index (χ1n) is 8.84. The van der Waals surface area contributed by atoms with Crippen molar-refractivity contribution < 1.29 is 4.42 Å². The minimum Gasteiger partial charge on any atom is -0.440 e. The van der Waals surface area contributed by atoms with Gasteiger partial charge in [-0.3, -0.25) is 4.90 Å².